The van der Waals surface area contributed by atoms with E-state index in [1.807, 2.05) is 41.9 Å². The van der Waals surface area contributed by atoms with Gasteiger partial charge in [-0.15, -0.1) is 11.3 Å². The predicted molar refractivity (Wildman–Crippen MR) is 103 cm³/mol. The van der Waals surface area contributed by atoms with Gasteiger partial charge in [-0.1, -0.05) is 12.1 Å². The molecule has 3 heterocycles. The summed E-state index contributed by atoms with van der Waals surface area (Å²) in [6.07, 6.45) is 1.76. The molecule has 26 heavy (non-hydrogen) atoms. The smallest absolute Gasteiger partial charge is 0.253 e. The second-order valence-corrected chi connectivity index (χ2v) is 7.59. The Balaban J connectivity index is 1.56. The second-order valence-electron chi connectivity index (χ2n) is 6.48. The summed E-state index contributed by atoms with van der Waals surface area (Å²) in [4.78, 5) is 21.8. The van der Waals surface area contributed by atoms with Crippen LogP contribution in [0.4, 0.5) is 0 Å². The Hall–Kier alpha value is -2.80. The van der Waals surface area contributed by atoms with Crippen molar-refractivity contribution in [2.24, 2.45) is 0 Å². The van der Waals surface area contributed by atoms with Gasteiger partial charge in [-0.3, -0.25) is 4.79 Å². The maximum atomic E-state index is 12.6. The molecule has 1 N–H and O–H groups in total. The number of nitrogens with one attached hydrogen (secondary N) is 1. The van der Waals surface area contributed by atoms with Crippen molar-refractivity contribution in [3.63, 3.8) is 0 Å². The molecule has 1 amide bonds. The quantitative estimate of drug-likeness (QED) is 0.596. The highest BCUT2D eigenvalue weighted by Gasteiger charge is 2.15. The van der Waals surface area contributed by atoms with E-state index in [1.165, 1.54) is 0 Å². The highest BCUT2D eigenvalue weighted by atomic mass is 32.1. The second kappa shape index (κ2) is 6.49. The number of nitrogens with zero attached hydrogens (tertiary/aromatic N) is 4. The minimum Gasteiger partial charge on any atom is -0.345 e. The molecule has 0 saturated heterocycles. The van der Waals surface area contributed by atoms with Gasteiger partial charge in [0.05, 0.1) is 34.2 Å². The summed E-state index contributed by atoms with van der Waals surface area (Å²) in [5, 5.41) is 9.08. The molecule has 0 aliphatic carbocycles. The van der Waals surface area contributed by atoms with E-state index >= 15 is 0 Å². The van der Waals surface area contributed by atoms with Gasteiger partial charge in [-0.05, 0) is 39.0 Å². The van der Waals surface area contributed by atoms with Crippen molar-refractivity contribution in [1.29, 1.82) is 0 Å². The molecule has 0 atom stereocenters. The summed E-state index contributed by atoms with van der Waals surface area (Å²) in [7, 11) is 0. The first-order chi connectivity index (χ1) is 12.5. The van der Waals surface area contributed by atoms with Crippen LogP contribution >= 0.6 is 11.3 Å². The zero-order valence-corrected chi connectivity index (χ0v) is 15.7. The fraction of sp³-hybridized carbons (Fsp3) is 0.263. The van der Waals surface area contributed by atoms with Gasteiger partial charge in [0.25, 0.3) is 5.91 Å². The number of amides is 1. The lowest BCUT2D eigenvalue weighted by Gasteiger charge is -2.09. The number of fused-ring (bicyclic) bond motifs is 2. The molecule has 6 nitrogen and oxygen atoms in total. The summed E-state index contributed by atoms with van der Waals surface area (Å²) < 4.78 is 2.99. The van der Waals surface area contributed by atoms with Gasteiger partial charge in [0, 0.05) is 11.4 Å². The van der Waals surface area contributed by atoms with E-state index in [1.54, 1.807) is 17.5 Å². The standard InChI is InChI=1S/C19H19N5OS/c1-11(2)24-18-13(9-21-24)8-14(12(3)22-18)19(25)20-10-17-23-15-6-4-5-7-16(15)26-17/h4-9,11H,10H2,1-3H3,(H,20,25). The largest absolute Gasteiger partial charge is 0.345 e. The van der Waals surface area contributed by atoms with Crippen LogP contribution in [0.25, 0.3) is 21.3 Å². The molecule has 0 unspecified atom stereocenters. The summed E-state index contributed by atoms with van der Waals surface area (Å²) in [5.41, 5.74) is 3.03. The van der Waals surface area contributed by atoms with Crippen LogP contribution in [0.15, 0.2) is 36.5 Å². The van der Waals surface area contributed by atoms with Gasteiger partial charge < -0.3 is 5.32 Å². The molecule has 0 bridgehead atoms. The van der Waals surface area contributed by atoms with Crippen molar-refractivity contribution >= 4 is 38.5 Å². The van der Waals surface area contributed by atoms with Crippen LogP contribution in [0.5, 0.6) is 0 Å². The lowest BCUT2D eigenvalue weighted by molar-refractivity contribution is 0.0950. The maximum Gasteiger partial charge on any atom is 0.253 e. The molecule has 4 rings (SSSR count). The molecule has 0 radical (unpaired) electrons. The van der Waals surface area contributed by atoms with Gasteiger partial charge in [0.2, 0.25) is 0 Å². The maximum absolute atomic E-state index is 12.6. The van der Waals surface area contributed by atoms with Crippen LogP contribution in [-0.2, 0) is 6.54 Å². The third kappa shape index (κ3) is 2.94. The van der Waals surface area contributed by atoms with Crippen molar-refractivity contribution in [2.45, 2.75) is 33.4 Å². The average Bonchev–Trinajstić information content (AvgIpc) is 3.22. The summed E-state index contributed by atoms with van der Waals surface area (Å²) in [6, 6.07) is 10.0. The molecule has 3 aromatic heterocycles. The van der Waals surface area contributed by atoms with Crippen molar-refractivity contribution in [2.75, 3.05) is 0 Å². The average molecular weight is 365 g/mol. The monoisotopic (exact) mass is 365 g/mol. The Bertz CT molecular complexity index is 1080. The number of rotatable bonds is 4. The van der Waals surface area contributed by atoms with Crippen LogP contribution in [-0.4, -0.2) is 25.7 Å². The SMILES string of the molecule is Cc1nc2c(cnn2C(C)C)cc1C(=O)NCc1nc2ccccc2s1. The van der Waals surface area contributed by atoms with Gasteiger partial charge in [0.1, 0.15) is 5.01 Å². The Morgan fingerprint density at radius 2 is 2.08 bits per heavy atom. The first-order valence-electron chi connectivity index (χ1n) is 8.50. The Kier molecular flexibility index (Phi) is 4.16. The fourth-order valence-electron chi connectivity index (χ4n) is 2.92. The van der Waals surface area contributed by atoms with Gasteiger partial charge in [-0.2, -0.15) is 5.10 Å². The number of pyridine rings is 1. The number of thiazole rings is 1. The molecule has 7 heteroatoms. The molecule has 0 fully saturated rings. The lowest BCUT2D eigenvalue weighted by Crippen LogP contribution is -2.24. The number of para-hydroxylation sites is 1. The zero-order valence-electron chi connectivity index (χ0n) is 14.9. The molecule has 1 aromatic carbocycles. The molecule has 0 aliphatic heterocycles. The van der Waals surface area contributed by atoms with E-state index < -0.39 is 0 Å². The third-order valence-corrected chi connectivity index (χ3v) is 5.27. The summed E-state index contributed by atoms with van der Waals surface area (Å²) in [5.74, 6) is -0.145. The van der Waals surface area contributed by atoms with Crippen molar-refractivity contribution in [1.82, 2.24) is 25.1 Å². The minimum absolute atomic E-state index is 0.145. The van der Waals surface area contributed by atoms with E-state index in [0.717, 1.165) is 26.3 Å². The Labute approximate surface area is 154 Å². The molecule has 0 aliphatic rings. The first kappa shape index (κ1) is 16.7. The molecule has 132 valence electrons. The molecule has 4 aromatic rings. The highest BCUT2D eigenvalue weighted by molar-refractivity contribution is 7.18. The molecular weight excluding hydrogens is 346 g/mol. The Morgan fingerprint density at radius 1 is 1.27 bits per heavy atom. The fourth-order valence-corrected chi connectivity index (χ4v) is 3.83. The highest BCUT2D eigenvalue weighted by Crippen LogP contribution is 2.22. The molecular formula is C19H19N5OS. The number of carbonyl (C=O) groups excluding carboxylic acids is 1. The molecule has 0 saturated carbocycles. The van der Waals surface area contributed by atoms with Crippen molar-refractivity contribution < 1.29 is 4.79 Å². The van der Waals surface area contributed by atoms with Crippen LogP contribution in [0.1, 0.15) is 40.9 Å². The van der Waals surface area contributed by atoms with E-state index in [2.05, 4.69) is 34.2 Å². The Morgan fingerprint density at radius 3 is 2.85 bits per heavy atom. The van der Waals surface area contributed by atoms with Crippen molar-refractivity contribution in [3.8, 4) is 0 Å². The van der Waals surface area contributed by atoms with E-state index in [0.29, 0.717) is 17.8 Å². The van der Waals surface area contributed by atoms with Gasteiger partial charge >= 0.3 is 0 Å². The number of benzene rings is 1. The number of aryl methyl sites for hydroxylation is 1. The van der Waals surface area contributed by atoms with E-state index in [-0.39, 0.29) is 11.9 Å². The van der Waals surface area contributed by atoms with Gasteiger partial charge in [-0.25, -0.2) is 14.6 Å². The third-order valence-electron chi connectivity index (χ3n) is 4.23. The first-order valence-corrected chi connectivity index (χ1v) is 9.32. The van der Waals surface area contributed by atoms with Crippen molar-refractivity contribution in [3.05, 3.63) is 52.8 Å². The predicted octanol–water partition coefficient (Wildman–Crippen LogP) is 3.86. The topological polar surface area (TPSA) is 72.7 Å². The minimum atomic E-state index is -0.145. The number of aromatic nitrogens is 4. The normalized spacial score (nSPS) is 11.5. The van der Waals surface area contributed by atoms with E-state index in [4.69, 9.17) is 0 Å². The summed E-state index contributed by atoms with van der Waals surface area (Å²) >= 11 is 1.59. The van der Waals surface area contributed by atoms with Crippen LogP contribution < -0.4 is 5.32 Å². The van der Waals surface area contributed by atoms with E-state index in [9.17, 15) is 4.79 Å². The van der Waals surface area contributed by atoms with Crippen LogP contribution in [0.2, 0.25) is 0 Å². The zero-order chi connectivity index (χ0) is 18.3. The summed E-state index contributed by atoms with van der Waals surface area (Å²) in [6.45, 7) is 6.37. The van der Waals surface area contributed by atoms with Crippen LogP contribution in [0.3, 0.4) is 0 Å². The number of hydrogen-bond donors (Lipinski definition) is 1. The van der Waals surface area contributed by atoms with Gasteiger partial charge in [0.15, 0.2) is 5.65 Å². The number of hydrogen-bond acceptors (Lipinski definition) is 5. The lowest BCUT2D eigenvalue weighted by atomic mass is 10.1. The number of carbonyl (C=O) groups is 1. The van der Waals surface area contributed by atoms with Crippen LogP contribution in [0, 0.1) is 6.92 Å². The molecule has 0 spiro atoms.